The molecule has 2 aromatic heterocycles. The van der Waals surface area contributed by atoms with Crippen LogP contribution in [-0.4, -0.2) is 87.4 Å². The van der Waals surface area contributed by atoms with E-state index >= 15 is 0 Å². The summed E-state index contributed by atoms with van der Waals surface area (Å²) in [6.45, 7) is 7.19. The van der Waals surface area contributed by atoms with Gasteiger partial charge in [-0.15, -0.1) is 0 Å². The first kappa shape index (κ1) is 41.6. The molecule has 2 aromatic carbocycles. The summed E-state index contributed by atoms with van der Waals surface area (Å²) in [6.07, 6.45) is 4.74. The average Bonchev–Trinajstić information content (AvgIpc) is 4.09. The van der Waals surface area contributed by atoms with Crippen LogP contribution in [0.3, 0.4) is 0 Å². The number of carbonyl (C=O) groups is 4. The van der Waals surface area contributed by atoms with Gasteiger partial charge in [0.1, 0.15) is 23.7 Å². The standard InChI is InChI=1S/C44H54F2N8O5/c1-23(2)37(42(56)49-22-34(45)46)52-41(55)36-30-17-16-29(19-30)35(36)40-48-21-32(51-40)28-14-10-26(11-15-28)25-8-12-27(13-9-25)31-20-47-39(50-31)33-7-6-18-54(33)43(57)38(24(3)4)53-44(58)59-5/h8-15,20-21,23-24,29-30,33-38H,6-7,16-19,22H2,1-5H3,(H,47,50)(H,48,51)(H,49,56)(H,52,55)(H,53,58)/t29?,30?,33-,35?,36?,37+,38-/m0/s1. The Morgan fingerprint density at radius 3 is 1.92 bits per heavy atom. The predicted molar refractivity (Wildman–Crippen MR) is 218 cm³/mol. The van der Waals surface area contributed by atoms with Crippen LogP contribution in [-0.2, 0) is 19.1 Å². The van der Waals surface area contributed by atoms with Gasteiger partial charge in [0.15, 0.2) is 0 Å². The van der Waals surface area contributed by atoms with Gasteiger partial charge < -0.3 is 35.6 Å². The van der Waals surface area contributed by atoms with Gasteiger partial charge in [0.05, 0.1) is 49.4 Å². The van der Waals surface area contributed by atoms with Crippen LogP contribution < -0.4 is 16.0 Å². The maximum Gasteiger partial charge on any atom is 0.407 e. The molecule has 15 heteroatoms. The van der Waals surface area contributed by atoms with Crippen LogP contribution in [0.15, 0.2) is 60.9 Å². The van der Waals surface area contributed by atoms with Crippen molar-refractivity contribution in [2.45, 2.75) is 90.3 Å². The van der Waals surface area contributed by atoms with Crippen molar-refractivity contribution in [1.82, 2.24) is 40.8 Å². The zero-order chi connectivity index (χ0) is 42.0. The van der Waals surface area contributed by atoms with Gasteiger partial charge in [-0.25, -0.2) is 23.5 Å². The molecule has 0 radical (unpaired) electrons. The van der Waals surface area contributed by atoms with E-state index in [1.54, 1.807) is 31.1 Å². The number of aromatic amines is 2. The zero-order valence-corrected chi connectivity index (χ0v) is 34.1. The third-order valence-corrected chi connectivity index (χ3v) is 12.4. The average molecular weight is 813 g/mol. The summed E-state index contributed by atoms with van der Waals surface area (Å²) in [5.41, 5.74) is 5.66. The van der Waals surface area contributed by atoms with Crippen molar-refractivity contribution in [3.63, 3.8) is 0 Å². The number of methoxy groups -OCH3 is 1. The highest BCUT2D eigenvalue weighted by atomic mass is 19.3. The third-order valence-electron chi connectivity index (χ3n) is 12.4. The lowest BCUT2D eigenvalue weighted by atomic mass is 9.78. The number of amides is 4. The van der Waals surface area contributed by atoms with Crippen molar-refractivity contribution >= 4 is 23.8 Å². The van der Waals surface area contributed by atoms with Gasteiger partial charge in [0, 0.05) is 12.5 Å². The summed E-state index contributed by atoms with van der Waals surface area (Å²) in [5.74, 6) is 0.0580. The molecule has 3 heterocycles. The molecular weight excluding hydrogens is 759 g/mol. The highest BCUT2D eigenvalue weighted by Gasteiger charge is 2.53. The van der Waals surface area contributed by atoms with Crippen LogP contribution in [0.2, 0.25) is 0 Å². The van der Waals surface area contributed by atoms with Crippen LogP contribution in [0.5, 0.6) is 0 Å². The molecule has 0 spiro atoms. The number of ether oxygens (including phenoxy) is 1. The number of carbonyl (C=O) groups excluding carboxylic acids is 4. The Bertz CT molecular complexity index is 2120. The number of nitrogens with one attached hydrogen (secondary N) is 5. The van der Waals surface area contributed by atoms with Gasteiger partial charge in [-0.1, -0.05) is 76.2 Å². The number of rotatable bonds is 14. The van der Waals surface area contributed by atoms with Gasteiger partial charge in [-0.2, -0.15) is 0 Å². The number of benzene rings is 2. The van der Waals surface area contributed by atoms with E-state index in [1.165, 1.54) is 7.11 Å². The molecule has 4 amide bonds. The first-order valence-electron chi connectivity index (χ1n) is 20.6. The number of nitrogens with zero attached hydrogens (tertiary/aromatic N) is 3. The number of imidazole rings is 2. The van der Waals surface area contributed by atoms with Crippen molar-refractivity contribution in [3.05, 3.63) is 72.6 Å². The first-order valence-corrected chi connectivity index (χ1v) is 20.6. The van der Waals surface area contributed by atoms with E-state index in [0.29, 0.717) is 18.3 Å². The minimum atomic E-state index is -2.67. The minimum absolute atomic E-state index is 0.116. The second kappa shape index (κ2) is 17.7. The molecule has 4 unspecified atom stereocenters. The van der Waals surface area contributed by atoms with Gasteiger partial charge in [0.25, 0.3) is 6.43 Å². The molecule has 3 aliphatic rings. The van der Waals surface area contributed by atoms with Crippen LogP contribution in [0.1, 0.15) is 83.4 Å². The highest BCUT2D eigenvalue weighted by Crippen LogP contribution is 2.56. The van der Waals surface area contributed by atoms with Gasteiger partial charge in [0.2, 0.25) is 17.7 Å². The van der Waals surface area contributed by atoms with Crippen molar-refractivity contribution in [2.75, 3.05) is 20.2 Å². The maximum absolute atomic E-state index is 13.8. The lowest BCUT2D eigenvalue weighted by molar-refractivity contribution is -0.135. The topological polar surface area (TPSA) is 174 Å². The molecule has 1 saturated heterocycles. The van der Waals surface area contributed by atoms with E-state index in [2.05, 4.69) is 55.2 Å². The predicted octanol–water partition coefficient (Wildman–Crippen LogP) is 6.83. The van der Waals surface area contributed by atoms with E-state index in [0.717, 1.165) is 71.6 Å². The number of hydrogen-bond acceptors (Lipinski definition) is 7. The number of fused-ring (bicyclic) bond motifs is 2. The number of halogens is 2. The molecule has 5 N–H and O–H groups in total. The Balaban J connectivity index is 1.00. The zero-order valence-electron chi connectivity index (χ0n) is 34.1. The molecule has 314 valence electrons. The van der Waals surface area contributed by atoms with Crippen LogP contribution in [0, 0.1) is 29.6 Å². The van der Waals surface area contributed by atoms with E-state index in [-0.39, 0.29) is 47.4 Å². The lowest BCUT2D eigenvalue weighted by Gasteiger charge is -2.31. The first-order chi connectivity index (χ1) is 28.3. The second-order valence-corrected chi connectivity index (χ2v) is 16.8. The van der Waals surface area contributed by atoms with Crippen LogP contribution in [0.25, 0.3) is 33.6 Å². The summed E-state index contributed by atoms with van der Waals surface area (Å²) in [4.78, 5) is 70.2. The smallest absolute Gasteiger partial charge is 0.407 e. The highest BCUT2D eigenvalue weighted by molar-refractivity contribution is 5.89. The van der Waals surface area contributed by atoms with Crippen molar-refractivity contribution in [3.8, 4) is 33.6 Å². The summed E-state index contributed by atoms with van der Waals surface area (Å²) in [7, 11) is 1.28. The Morgan fingerprint density at radius 1 is 0.780 bits per heavy atom. The van der Waals surface area contributed by atoms with Crippen LogP contribution >= 0.6 is 0 Å². The van der Waals surface area contributed by atoms with Gasteiger partial charge in [-0.05, 0) is 78.0 Å². The summed E-state index contributed by atoms with van der Waals surface area (Å²) in [5, 5.41) is 7.85. The Hall–Kier alpha value is -5.60. The quantitative estimate of drug-likeness (QED) is 0.0928. The fourth-order valence-electron chi connectivity index (χ4n) is 9.32. The molecule has 4 aromatic rings. The number of alkyl halides is 2. The van der Waals surface area contributed by atoms with Gasteiger partial charge >= 0.3 is 6.09 Å². The molecule has 3 fully saturated rings. The molecule has 13 nitrogen and oxygen atoms in total. The molecule has 59 heavy (non-hydrogen) atoms. The van der Waals surface area contributed by atoms with Crippen LogP contribution in [0.4, 0.5) is 13.6 Å². The number of aromatic nitrogens is 4. The fraction of sp³-hybridized carbons (Fsp3) is 0.500. The third kappa shape index (κ3) is 8.88. The molecule has 2 aliphatic carbocycles. The fourth-order valence-corrected chi connectivity index (χ4v) is 9.32. The number of alkyl carbamates (subject to hydrolysis) is 1. The molecule has 7 rings (SSSR count). The SMILES string of the molecule is COC(=O)N[C@H](C(=O)N1CCC[C@H]1c1ncc(-c2ccc(-c3ccc(-c4cnc(C5C6CCC(C6)C5C(=O)N[C@@H](C(=O)NCC(F)F)C(C)C)[nH]4)cc3)cc2)[nH]1)C(C)C. The normalized spacial score (nSPS) is 22.2. The lowest BCUT2D eigenvalue weighted by Crippen LogP contribution is -2.53. The Labute approximate surface area is 342 Å². The van der Waals surface area contributed by atoms with E-state index in [4.69, 9.17) is 9.72 Å². The number of hydrogen-bond donors (Lipinski definition) is 5. The van der Waals surface area contributed by atoms with Crippen molar-refractivity contribution in [2.24, 2.45) is 29.6 Å². The maximum atomic E-state index is 13.8. The summed E-state index contributed by atoms with van der Waals surface area (Å²) in [6, 6.07) is 14.6. The molecule has 7 atom stereocenters. The minimum Gasteiger partial charge on any atom is -0.453 e. The second-order valence-electron chi connectivity index (χ2n) is 16.8. The Kier molecular flexibility index (Phi) is 12.5. The van der Waals surface area contributed by atoms with E-state index in [1.807, 2.05) is 38.1 Å². The molecular formula is C44H54F2N8O5. The monoisotopic (exact) mass is 812 g/mol. The van der Waals surface area contributed by atoms with Gasteiger partial charge in [-0.3, -0.25) is 14.4 Å². The molecule has 1 aliphatic heterocycles. The largest absolute Gasteiger partial charge is 0.453 e. The molecule has 2 saturated carbocycles. The van der Waals surface area contributed by atoms with E-state index < -0.39 is 37.1 Å². The van der Waals surface area contributed by atoms with E-state index in [9.17, 15) is 28.0 Å². The molecule has 2 bridgehead atoms. The van der Waals surface area contributed by atoms with Crippen molar-refractivity contribution in [1.29, 1.82) is 0 Å². The number of H-pyrrole nitrogens is 2. The number of likely N-dealkylation sites (tertiary alicyclic amines) is 1. The summed E-state index contributed by atoms with van der Waals surface area (Å²) >= 11 is 0. The Morgan fingerprint density at radius 2 is 1.34 bits per heavy atom. The van der Waals surface area contributed by atoms with Crippen molar-refractivity contribution < 1.29 is 32.7 Å². The summed E-state index contributed by atoms with van der Waals surface area (Å²) < 4.78 is 30.3.